The molecule has 0 bridgehead atoms. The summed E-state index contributed by atoms with van der Waals surface area (Å²) in [5.74, 6) is 2.48. The molecule has 0 aromatic carbocycles. The molecule has 35 heavy (non-hydrogen) atoms. The average molecular weight is 543 g/mol. The topological polar surface area (TPSA) is 95.9 Å². The molecule has 0 saturated carbocycles. The van der Waals surface area contributed by atoms with Crippen molar-refractivity contribution in [2.45, 2.75) is 104 Å². The third-order valence-electron chi connectivity index (χ3n) is 5.97. The van der Waals surface area contributed by atoms with Gasteiger partial charge in [0.1, 0.15) is 11.8 Å². The van der Waals surface area contributed by atoms with Crippen molar-refractivity contribution in [2.24, 2.45) is 0 Å². The molecule has 2 aromatic rings. The molecule has 0 aliphatic heterocycles. The number of aromatic nitrogens is 4. The smallest absolute Gasteiger partial charge is 0.367 e. The van der Waals surface area contributed by atoms with Crippen LogP contribution in [0, 0.1) is 0 Å². The van der Waals surface area contributed by atoms with Crippen molar-refractivity contribution in [3.05, 3.63) is 12.7 Å². The molecule has 0 radical (unpaired) electrons. The van der Waals surface area contributed by atoms with Gasteiger partial charge in [-0.25, -0.2) is 15.0 Å². The van der Waals surface area contributed by atoms with Crippen LogP contribution in [0.4, 0.5) is 5.82 Å². The Morgan fingerprint density at radius 3 is 2.26 bits per heavy atom. The second kappa shape index (κ2) is 19.3. The molecule has 2 N–H and O–H groups in total. The summed E-state index contributed by atoms with van der Waals surface area (Å²) in [5.41, 5.74) is 7.13. The van der Waals surface area contributed by atoms with Crippen molar-refractivity contribution >= 4 is 46.4 Å². The Morgan fingerprint density at radius 1 is 0.943 bits per heavy atom. The molecule has 0 aliphatic carbocycles. The van der Waals surface area contributed by atoms with Crippen molar-refractivity contribution in [1.29, 1.82) is 0 Å². The zero-order chi connectivity index (χ0) is 25.1. The van der Waals surface area contributed by atoms with Crippen LogP contribution < -0.4 is 5.73 Å². The van der Waals surface area contributed by atoms with Gasteiger partial charge in [0.15, 0.2) is 17.6 Å². The number of ether oxygens (including phenoxy) is 1. The number of nitrogens with zero attached hydrogens (tertiary/aromatic N) is 4. The molecule has 2 atom stereocenters. The van der Waals surface area contributed by atoms with Crippen molar-refractivity contribution in [1.82, 2.24) is 19.5 Å². The molecule has 0 fully saturated rings. The minimum atomic E-state index is -1.34. The van der Waals surface area contributed by atoms with Gasteiger partial charge in [-0.05, 0) is 13.3 Å². The van der Waals surface area contributed by atoms with Crippen molar-refractivity contribution in [3.8, 4) is 0 Å². The van der Waals surface area contributed by atoms with Crippen molar-refractivity contribution < 1.29 is 9.30 Å². The molecule has 7 nitrogen and oxygen atoms in total. The highest BCUT2D eigenvalue weighted by atomic mass is 33.1. The molecular weight excluding hydrogens is 497 g/mol. The maximum Gasteiger partial charge on any atom is 0.367 e. The number of hydrogen-bond donors (Lipinski definition) is 1. The predicted octanol–water partition coefficient (Wildman–Crippen LogP) is 7.68. The van der Waals surface area contributed by atoms with Crippen LogP contribution in [-0.2, 0) is 15.8 Å². The summed E-state index contributed by atoms with van der Waals surface area (Å²) in [6.07, 6.45) is 20.7. The lowest BCUT2D eigenvalue weighted by molar-refractivity contribution is 0.0881. The number of imidazole rings is 1. The van der Waals surface area contributed by atoms with E-state index in [1.807, 2.05) is 33.1 Å². The van der Waals surface area contributed by atoms with E-state index in [1.165, 1.54) is 89.1 Å². The first kappa shape index (κ1) is 30.3. The van der Waals surface area contributed by atoms with E-state index in [0.717, 1.165) is 5.75 Å². The highest BCUT2D eigenvalue weighted by Crippen LogP contribution is 2.29. The van der Waals surface area contributed by atoms with Gasteiger partial charge in [-0.15, -0.1) is 0 Å². The number of hydrogen-bond acceptors (Lipinski definition) is 8. The first-order valence-corrected chi connectivity index (χ1v) is 17.4. The zero-order valence-electron chi connectivity index (χ0n) is 21.7. The molecule has 10 heteroatoms. The van der Waals surface area contributed by atoms with Crippen LogP contribution >= 0.6 is 29.4 Å². The van der Waals surface area contributed by atoms with E-state index < -0.39 is 7.80 Å². The SMILES string of the molecule is CCCCCCCCCCCCCCSSCC[P+](=O)CO[C@H](C)Cn1cnc2c(N)ncnc21. The van der Waals surface area contributed by atoms with Gasteiger partial charge in [-0.1, -0.05) is 104 Å². The van der Waals surface area contributed by atoms with Gasteiger partial charge in [0.2, 0.25) is 6.35 Å². The number of fused-ring (bicyclic) bond motifs is 1. The van der Waals surface area contributed by atoms with E-state index in [4.69, 9.17) is 10.5 Å². The minimum Gasteiger partial charge on any atom is -0.382 e. The molecule has 2 heterocycles. The van der Waals surface area contributed by atoms with Gasteiger partial charge in [0, 0.05) is 11.5 Å². The average Bonchev–Trinajstić information content (AvgIpc) is 3.26. The molecule has 1 unspecified atom stereocenters. The standard InChI is InChI=1S/C25H45N5O2PS2/c1-3-4-5-6-7-8-9-10-11-12-13-14-16-34-35-17-15-33(31)21-32-22(2)18-30-20-29-23-24(26)27-19-28-25(23)30/h19-20,22H,3-18,21H2,1-2H3,(H2,26,27,28)/q+1/t22-/m1/s1. The van der Waals surface area contributed by atoms with E-state index in [-0.39, 0.29) is 6.10 Å². The van der Waals surface area contributed by atoms with Crippen LogP contribution in [0.3, 0.4) is 0 Å². The largest absolute Gasteiger partial charge is 0.382 e. The first-order chi connectivity index (χ1) is 17.1. The quantitative estimate of drug-likeness (QED) is 0.0919. The van der Waals surface area contributed by atoms with Gasteiger partial charge < -0.3 is 15.0 Å². The fourth-order valence-electron chi connectivity index (χ4n) is 3.90. The van der Waals surface area contributed by atoms with Crippen molar-refractivity contribution in [2.75, 3.05) is 29.7 Å². The lowest BCUT2D eigenvalue weighted by Crippen LogP contribution is -2.16. The van der Waals surface area contributed by atoms with Crippen LogP contribution in [0.2, 0.25) is 0 Å². The number of nitrogens with two attached hydrogens (primary N) is 1. The number of rotatable bonds is 22. The Labute approximate surface area is 220 Å². The molecule has 0 amide bonds. The Hall–Kier alpha value is -0.890. The predicted molar refractivity (Wildman–Crippen MR) is 154 cm³/mol. The van der Waals surface area contributed by atoms with E-state index in [0.29, 0.717) is 36.0 Å². The first-order valence-electron chi connectivity index (χ1n) is 13.3. The molecule has 0 saturated heterocycles. The number of anilines is 1. The molecule has 198 valence electrons. The highest BCUT2D eigenvalue weighted by Gasteiger charge is 2.18. The lowest BCUT2D eigenvalue weighted by atomic mass is 10.1. The summed E-state index contributed by atoms with van der Waals surface area (Å²) in [7, 11) is 2.43. The van der Waals surface area contributed by atoms with Gasteiger partial charge >= 0.3 is 7.80 Å². The monoisotopic (exact) mass is 542 g/mol. The zero-order valence-corrected chi connectivity index (χ0v) is 24.2. The fraction of sp³-hybridized carbons (Fsp3) is 0.800. The van der Waals surface area contributed by atoms with E-state index >= 15 is 0 Å². The third kappa shape index (κ3) is 13.3. The Bertz CT molecular complexity index is 839. The van der Waals surface area contributed by atoms with Crippen LogP contribution in [0.5, 0.6) is 0 Å². The lowest BCUT2D eigenvalue weighted by Gasteiger charge is -2.10. The molecule has 0 spiro atoms. The summed E-state index contributed by atoms with van der Waals surface area (Å²) in [6.45, 7) is 4.83. The van der Waals surface area contributed by atoms with Crippen LogP contribution in [0.25, 0.3) is 11.2 Å². The Morgan fingerprint density at radius 2 is 1.57 bits per heavy atom. The number of unbranched alkanes of at least 4 members (excludes halogenated alkanes) is 11. The summed E-state index contributed by atoms with van der Waals surface area (Å²) in [5, 5.41) is 0. The van der Waals surface area contributed by atoms with Gasteiger partial charge in [-0.2, -0.15) is 0 Å². The highest BCUT2D eigenvalue weighted by molar-refractivity contribution is 8.76. The molecule has 0 aliphatic rings. The summed E-state index contributed by atoms with van der Waals surface area (Å²) < 4.78 is 20.0. The van der Waals surface area contributed by atoms with Crippen LogP contribution in [0.15, 0.2) is 12.7 Å². The Balaban J connectivity index is 1.38. The molecule has 2 rings (SSSR count). The van der Waals surface area contributed by atoms with E-state index in [9.17, 15) is 4.57 Å². The maximum absolute atomic E-state index is 12.3. The maximum atomic E-state index is 12.3. The van der Waals surface area contributed by atoms with Gasteiger partial charge in [0.05, 0.1) is 19.0 Å². The molecule has 2 aromatic heterocycles. The normalized spacial score (nSPS) is 12.9. The van der Waals surface area contributed by atoms with E-state index in [2.05, 4.69) is 21.9 Å². The minimum absolute atomic E-state index is 0.0876. The van der Waals surface area contributed by atoms with Crippen molar-refractivity contribution in [3.63, 3.8) is 0 Å². The van der Waals surface area contributed by atoms with Gasteiger partial charge in [-0.3, -0.25) is 0 Å². The summed E-state index contributed by atoms with van der Waals surface area (Å²) >= 11 is 0. The fourth-order valence-corrected chi connectivity index (χ4v) is 7.85. The second-order valence-corrected chi connectivity index (χ2v) is 13.5. The Kier molecular flexibility index (Phi) is 16.7. The van der Waals surface area contributed by atoms with Crippen LogP contribution in [-0.4, -0.2) is 49.6 Å². The summed E-state index contributed by atoms with van der Waals surface area (Å²) in [4.78, 5) is 12.5. The van der Waals surface area contributed by atoms with E-state index in [1.54, 1.807) is 6.33 Å². The third-order valence-corrected chi connectivity index (χ3v) is 9.93. The second-order valence-electron chi connectivity index (χ2n) is 9.17. The number of nitrogen functional groups attached to an aromatic ring is 1. The molecular formula is C25H45N5O2PS2+. The van der Waals surface area contributed by atoms with Crippen LogP contribution in [0.1, 0.15) is 90.9 Å². The summed E-state index contributed by atoms with van der Waals surface area (Å²) in [6, 6.07) is 0. The van der Waals surface area contributed by atoms with Gasteiger partial charge in [0.25, 0.3) is 0 Å².